The topological polar surface area (TPSA) is 113 Å². The summed E-state index contributed by atoms with van der Waals surface area (Å²) in [5, 5.41) is 13.9. The Kier molecular flexibility index (Phi) is 7.47. The molecule has 0 aliphatic carbocycles. The fourth-order valence-electron chi connectivity index (χ4n) is 3.81. The Bertz CT molecular complexity index is 1080. The van der Waals surface area contributed by atoms with Gasteiger partial charge in [0.1, 0.15) is 6.54 Å². The van der Waals surface area contributed by atoms with Gasteiger partial charge in [0, 0.05) is 19.2 Å². The molecule has 2 aromatic carbocycles. The lowest BCUT2D eigenvalue weighted by Gasteiger charge is -2.23. The monoisotopic (exact) mass is 460 g/mol. The number of amides is 1. The minimum Gasteiger partial charge on any atom is -0.350 e. The molecule has 1 aliphatic rings. The van der Waals surface area contributed by atoms with Crippen LogP contribution in [0.4, 0.5) is 11.4 Å². The first-order valence-electron chi connectivity index (χ1n) is 10.4. The summed E-state index contributed by atoms with van der Waals surface area (Å²) >= 11 is 0. The largest absolute Gasteiger partial charge is 0.350 e. The highest BCUT2D eigenvalue weighted by Gasteiger charge is 2.25. The molecular formula is C22H28N4O5S. The van der Waals surface area contributed by atoms with Crippen LogP contribution in [0.2, 0.25) is 0 Å². The normalized spacial score (nSPS) is 14.3. The fourth-order valence-corrected chi connectivity index (χ4v) is 4.72. The molecule has 0 saturated carbocycles. The first kappa shape index (κ1) is 23.7. The maximum Gasteiger partial charge on any atom is 0.274 e. The minimum absolute atomic E-state index is 0.114. The average molecular weight is 461 g/mol. The number of anilines is 1. The molecule has 1 amide bonds. The van der Waals surface area contributed by atoms with E-state index in [4.69, 9.17) is 0 Å². The Morgan fingerprint density at radius 1 is 1.12 bits per heavy atom. The summed E-state index contributed by atoms with van der Waals surface area (Å²) < 4.78 is 25.5. The molecular weight excluding hydrogens is 432 g/mol. The Balaban J connectivity index is 1.64. The van der Waals surface area contributed by atoms with Gasteiger partial charge in [-0.1, -0.05) is 30.3 Å². The number of nitro benzene ring substituents is 1. The Morgan fingerprint density at radius 2 is 1.75 bits per heavy atom. The molecule has 1 heterocycles. The maximum atomic E-state index is 12.5. The van der Waals surface area contributed by atoms with Crippen molar-refractivity contribution in [3.8, 4) is 0 Å². The molecule has 1 saturated heterocycles. The van der Waals surface area contributed by atoms with Gasteiger partial charge in [0.2, 0.25) is 15.9 Å². The molecule has 1 fully saturated rings. The number of carbonyl (C=O) groups excluding carboxylic acids is 1. The molecule has 10 heteroatoms. The highest BCUT2D eigenvalue weighted by molar-refractivity contribution is 7.92. The van der Waals surface area contributed by atoms with Gasteiger partial charge in [-0.15, -0.1) is 0 Å². The molecule has 1 N–H and O–H groups in total. The van der Waals surface area contributed by atoms with E-state index < -0.39 is 27.4 Å². The van der Waals surface area contributed by atoms with E-state index in [9.17, 15) is 23.3 Å². The molecule has 9 nitrogen and oxygen atoms in total. The molecule has 0 unspecified atom stereocenters. The van der Waals surface area contributed by atoms with Crippen molar-refractivity contribution in [2.24, 2.45) is 0 Å². The number of hydrogen-bond acceptors (Lipinski definition) is 6. The van der Waals surface area contributed by atoms with Gasteiger partial charge in [-0.2, -0.15) is 0 Å². The summed E-state index contributed by atoms with van der Waals surface area (Å²) in [6.07, 6.45) is 3.45. The standard InChI is InChI=1S/C22H28N4O5S/c1-17-20(6-5-7-21(17)26(28)29)25(32(2,30)31)16-22(27)23-14-18-8-10-19(11-9-18)15-24-12-3-4-13-24/h5-11H,3-4,12-16H2,1-2H3,(H,23,27). The predicted octanol–water partition coefficient (Wildman–Crippen LogP) is 2.58. The van der Waals surface area contributed by atoms with Gasteiger partial charge in [-0.25, -0.2) is 8.42 Å². The highest BCUT2D eigenvalue weighted by atomic mass is 32.2. The Labute approximate surface area is 188 Å². The number of carbonyl (C=O) groups is 1. The van der Waals surface area contributed by atoms with Crippen LogP contribution in [-0.4, -0.2) is 50.0 Å². The third-order valence-corrected chi connectivity index (χ3v) is 6.67. The fraction of sp³-hybridized carbons (Fsp3) is 0.409. The van der Waals surface area contributed by atoms with E-state index in [1.54, 1.807) is 0 Å². The molecule has 0 atom stereocenters. The van der Waals surface area contributed by atoms with Crippen LogP contribution in [0.25, 0.3) is 0 Å². The second-order valence-electron chi connectivity index (χ2n) is 8.02. The number of sulfonamides is 1. The lowest BCUT2D eigenvalue weighted by molar-refractivity contribution is -0.385. The highest BCUT2D eigenvalue weighted by Crippen LogP contribution is 2.29. The summed E-state index contributed by atoms with van der Waals surface area (Å²) in [5.41, 5.74) is 2.21. The molecule has 0 bridgehead atoms. The smallest absolute Gasteiger partial charge is 0.274 e. The summed E-state index contributed by atoms with van der Waals surface area (Å²) in [6.45, 7) is 4.42. The molecule has 172 valence electrons. The number of rotatable bonds is 9. The molecule has 0 radical (unpaired) electrons. The Hall–Kier alpha value is -2.98. The molecule has 2 aromatic rings. The first-order valence-corrected chi connectivity index (χ1v) is 12.3. The quantitative estimate of drug-likeness (QED) is 0.455. The van der Waals surface area contributed by atoms with Crippen molar-refractivity contribution in [1.29, 1.82) is 0 Å². The number of hydrogen-bond donors (Lipinski definition) is 1. The molecule has 32 heavy (non-hydrogen) atoms. The first-order chi connectivity index (χ1) is 15.1. The van der Waals surface area contributed by atoms with Crippen LogP contribution in [0.5, 0.6) is 0 Å². The van der Waals surface area contributed by atoms with Crippen molar-refractivity contribution in [3.63, 3.8) is 0 Å². The van der Waals surface area contributed by atoms with Crippen LogP contribution in [0.1, 0.15) is 29.5 Å². The van der Waals surface area contributed by atoms with Crippen molar-refractivity contribution in [3.05, 3.63) is 69.3 Å². The van der Waals surface area contributed by atoms with Crippen LogP contribution in [0.3, 0.4) is 0 Å². The summed E-state index contributed by atoms with van der Waals surface area (Å²) in [4.78, 5) is 25.6. The molecule has 1 aliphatic heterocycles. The zero-order valence-electron chi connectivity index (χ0n) is 18.3. The van der Waals surface area contributed by atoms with Gasteiger partial charge in [0.05, 0.1) is 22.4 Å². The van der Waals surface area contributed by atoms with Crippen molar-refractivity contribution >= 4 is 27.3 Å². The van der Waals surface area contributed by atoms with Crippen LogP contribution in [-0.2, 0) is 27.9 Å². The van der Waals surface area contributed by atoms with Gasteiger partial charge in [0.15, 0.2) is 0 Å². The third-order valence-electron chi connectivity index (χ3n) is 5.55. The summed E-state index contributed by atoms with van der Waals surface area (Å²) in [5.74, 6) is -0.498. The molecule has 0 spiro atoms. The zero-order chi connectivity index (χ0) is 23.3. The summed E-state index contributed by atoms with van der Waals surface area (Å²) in [7, 11) is -3.83. The second kappa shape index (κ2) is 10.1. The van der Waals surface area contributed by atoms with Crippen LogP contribution in [0.15, 0.2) is 42.5 Å². The number of nitrogens with one attached hydrogen (secondary N) is 1. The van der Waals surface area contributed by atoms with E-state index in [0.717, 1.165) is 35.8 Å². The van der Waals surface area contributed by atoms with E-state index in [0.29, 0.717) is 0 Å². The van der Waals surface area contributed by atoms with Crippen molar-refractivity contribution in [2.45, 2.75) is 32.9 Å². The van der Waals surface area contributed by atoms with E-state index in [2.05, 4.69) is 10.2 Å². The zero-order valence-corrected chi connectivity index (χ0v) is 19.1. The van der Waals surface area contributed by atoms with E-state index in [1.165, 1.54) is 43.5 Å². The number of benzene rings is 2. The Morgan fingerprint density at radius 3 is 2.34 bits per heavy atom. The van der Waals surface area contributed by atoms with Gasteiger partial charge < -0.3 is 5.32 Å². The average Bonchev–Trinajstić information content (AvgIpc) is 3.24. The molecule has 0 aromatic heterocycles. The lowest BCUT2D eigenvalue weighted by Crippen LogP contribution is -2.40. The van der Waals surface area contributed by atoms with Crippen LogP contribution < -0.4 is 9.62 Å². The van der Waals surface area contributed by atoms with Gasteiger partial charge in [0.25, 0.3) is 5.69 Å². The van der Waals surface area contributed by atoms with Gasteiger partial charge in [-0.05, 0) is 50.0 Å². The van der Waals surface area contributed by atoms with Gasteiger partial charge >= 0.3 is 0 Å². The van der Waals surface area contributed by atoms with E-state index in [1.807, 2.05) is 24.3 Å². The number of nitro groups is 1. The van der Waals surface area contributed by atoms with Crippen LogP contribution >= 0.6 is 0 Å². The number of nitrogens with zero attached hydrogens (tertiary/aromatic N) is 3. The van der Waals surface area contributed by atoms with Crippen molar-refractivity contribution < 1.29 is 18.1 Å². The van der Waals surface area contributed by atoms with Gasteiger partial charge in [-0.3, -0.25) is 24.1 Å². The van der Waals surface area contributed by atoms with Crippen LogP contribution in [0, 0.1) is 17.0 Å². The van der Waals surface area contributed by atoms with Crippen molar-refractivity contribution in [2.75, 3.05) is 30.2 Å². The van der Waals surface area contributed by atoms with Crippen molar-refractivity contribution in [1.82, 2.24) is 10.2 Å². The van der Waals surface area contributed by atoms with E-state index >= 15 is 0 Å². The minimum atomic E-state index is -3.83. The predicted molar refractivity (Wildman–Crippen MR) is 123 cm³/mol. The lowest BCUT2D eigenvalue weighted by atomic mass is 10.1. The second-order valence-corrected chi connectivity index (χ2v) is 9.93. The van der Waals surface area contributed by atoms with E-state index in [-0.39, 0.29) is 23.5 Å². The SMILES string of the molecule is Cc1c(N(CC(=O)NCc2ccc(CN3CCCC3)cc2)S(C)(=O)=O)cccc1[N+](=O)[O-]. The summed E-state index contributed by atoms with van der Waals surface area (Å²) in [6, 6.07) is 12.1. The molecule has 3 rings (SSSR count). The third kappa shape index (κ3) is 6.04. The number of likely N-dealkylation sites (tertiary alicyclic amines) is 1. The maximum absolute atomic E-state index is 12.5.